The number of aromatic nitrogens is 1. The highest BCUT2D eigenvalue weighted by atomic mass is 32.1. The predicted octanol–water partition coefficient (Wildman–Crippen LogP) is 6.00. The van der Waals surface area contributed by atoms with Crippen molar-refractivity contribution in [1.82, 2.24) is 4.98 Å². The van der Waals surface area contributed by atoms with Crippen LogP contribution in [0.15, 0.2) is 71.6 Å². The molecule has 6 rings (SSSR count). The highest BCUT2D eigenvalue weighted by Gasteiger charge is 2.28. The van der Waals surface area contributed by atoms with Crippen molar-refractivity contribution in [3.63, 3.8) is 0 Å². The first-order chi connectivity index (χ1) is 19.9. The summed E-state index contributed by atoms with van der Waals surface area (Å²) in [4.78, 5) is 30.6. The molecule has 1 aliphatic carbocycles. The predicted molar refractivity (Wildman–Crippen MR) is 152 cm³/mol. The lowest BCUT2D eigenvalue weighted by Crippen LogP contribution is -2.38. The summed E-state index contributed by atoms with van der Waals surface area (Å²) >= 11 is 1.47. The Kier molecular flexibility index (Phi) is 7.80. The van der Waals surface area contributed by atoms with Crippen LogP contribution >= 0.6 is 11.3 Å². The van der Waals surface area contributed by atoms with Crippen LogP contribution in [0.4, 0.5) is 30.0 Å². The van der Waals surface area contributed by atoms with Crippen LogP contribution in [-0.4, -0.2) is 42.8 Å². The minimum Gasteiger partial charge on any atom is -0.441 e. The highest BCUT2D eigenvalue weighted by Crippen LogP contribution is 2.39. The molecule has 41 heavy (non-hydrogen) atoms. The number of carbonyl (C=O) groups is 2. The van der Waals surface area contributed by atoms with Gasteiger partial charge in [-0.3, -0.25) is 10.1 Å². The molecule has 2 aliphatic heterocycles. The Bertz CT molecular complexity index is 1480. The van der Waals surface area contributed by atoms with Gasteiger partial charge < -0.3 is 19.7 Å². The molecule has 4 heterocycles. The molecule has 2 atom stereocenters. The number of hydrogen-bond donors (Lipinski definition) is 2. The SMILES string of the molecule is O=C(Nc1ccc(N2CCC[C@@H]2c2csc(NC(=O)C3=CC=CC3Cc3cc(F)nc(F)c3)c2)cc1)OC1COC1. The van der Waals surface area contributed by atoms with Gasteiger partial charge in [0.25, 0.3) is 5.91 Å². The van der Waals surface area contributed by atoms with Crippen molar-refractivity contribution in [2.75, 3.05) is 35.3 Å². The third-order valence-electron chi connectivity index (χ3n) is 7.38. The van der Waals surface area contributed by atoms with E-state index in [1.807, 2.05) is 36.4 Å². The molecule has 0 saturated carbocycles. The van der Waals surface area contributed by atoms with Gasteiger partial charge in [0.15, 0.2) is 6.10 Å². The monoisotopic (exact) mass is 578 g/mol. The summed E-state index contributed by atoms with van der Waals surface area (Å²) in [6.45, 7) is 1.77. The van der Waals surface area contributed by atoms with Gasteiger partial charge in [0, 0.05) is 29.4 Å². The van der Waals surface area contributed by atoms with Crippen LogP contribution in [0.1, 0.15) is 30.0 Å². The van der Waals surface area contributed by atoms with Crippen LogP contribution in [0.25, 0.3) is 0 Å². The molecule has 3 aromatic rings. The number of halogens is 2. The first kappa shape index (κ1) is 27.1. The standard InChI is InChI=1S/C30H28F2N4O4S/c31-26-12-18(13-27(32)34-26)11-19-3-1-4-24(19)29(37)35-28-14-20(17-41-28)25-5-2-10-36(25)22-8-6-21(7-9-22)33-30(38)40-23-15-39-16-23/h1,3-4,6-9,12-14,17,19,23,25H,2,5,10-11,15-16H2,(H,33,38)(H,35,37)/t19?,25-/m1/s1. The summed E-state index contributed by atoms with van der Waals surface area (Å²) < 4.78 is 37.3. The highest BCUT2D eigenvalue weighted by molar-refractivity contribution is 7.14. The molecule has 2 N–H and O–H groups in total. The van der Waals surface area contributed by atoms with E-state index in [2.05, 4.69) is 25.9 Å². The van der Waals surface area contributed by atoms with Crippen LogP contribution in [0, 0.1) is 17.8 Å². The number of rotatable bonds is 8. The maximum atomic E-state index is 13.5. The number of anilines is 3. The van der Waals surface area contributed by atoms with Gasteiger partial charge in [0.05, 0.1) is 24.3 Å². The van der Waals surface area contributed by atoms with Gasteiger partial charge in [-0.2, -0.15) is 13.8 Å². The number of hydrogen-bond acceptors (Lipinski definition) is 7. The molecule has 0 radical (unpaired) electrons. The van der Waals surface area contributed by atoms with Crippen molar-refractivity contribution in [3.8, 4) is 0 Å². The van der Waals surface area contributed by atoms with Gasteiger partial charge in [-0.15, -0.1) is 11.3 Å². The number of carbonyl (C=O) groups excluding carboxylic acids is 2. The largest absolute Gasteiger partial charge is 0.441 e. The van der Waals surface area contributed by atoms with E-state index < -0.39 is 18.0 Å². The number of nitrogens with zero attached hydrogens (tertiary/aromatic N) is 2. The molecule has 11 heteroatoms. The van der Waals surface area contributed by atoms with Crippen molar-refractivity contribution in [1.29, 1.82) is 0 Å². The quantitative estimate of drug-likeness (QED) is 0.319. The molecule has 212 valence electrons. The smallest absolute Gasteiger partial charge is 0.412 e. The molecule has 1 aromatic carbocycles. The average molecular weight is 579 g/mol. The fourth-order valence-corrected chi connectivity index (χ4v) is 6.19. The van der Waals surface area contributed by atoms with Crippen LogP contribution in [-0.2, 0) is 20.7 Å². The molecule has 2 amide bonds. The molecule has 2 fully saturated rings. The summed E-state index contributed by atoms with van der Waals surface area (Å²) in [6.07, 6.45) is 7.02. The van der Waals surface area contributed by atoms with Gasteiger partial charge in [-0.25, -0.2) is 4.79 Å². The second-order valence-corrected chi connectivity index (χ2v) is 11.1. The molecule has 0 bridgehead atoms. The second-order valence-electron chi connectivity index (χ2n) is 10.2. The summed E-state index contributed by atoms with van der Waals surface area (Å²) in [5.74, 6) is -2.28. The summed E-state index contributed by atoms with van der Waals surface area (Å²) in [6, 6.07) is 12.2. The van der Waals surface area contributed by atoms with Crippen molar-refractivity contribution in [3.05, 3.63) is 94.7 Å². The van der Waals surface area contributed by atoms with Crippen LogP contribution in [0.2, 0.25) is 0 Å². The van der Waals surface area contributed by atoms with E-state index in [1.165, 1.54) is 23.5 Å². The van der Waals surface area contributed by atoms with Crippen molar-refractivity contribution >= 4 is 39.7 Å². The van der Waals surface area contributed by atoms with E-state index in [4.69, 9.17) is 9.47 Å². The minimum absolute atomic E-state index is 0.163. The average Bonchev–Trinajstić information content (AvgIpc) is 3.67. The first-order valence-corrected chi connectivity index (χ1v) is 14.3. The topological polar surface area (TPSA) is 92.8 Å². The zero-order valence-corrected chi connectivity index (χ0v) is 22.8. The van der Waals surface area contributed by atoms with Crippen LogP contribution in [0.3, 0.4) is 0 Å². The molecule has 3 aliphatic rings. The Morgan fingerprint density at radius 1 is 1.10 bits per heavy atom. The van der Waals surface area contributed by atoms with Gasteiger partial charge in [0.1, 0.15) is 0 Å². The van der Waals surface area contributed by atoms with E-state index in [0.717, 1.165) is 35.6 Å². The lowest BCUT2D eigenvalue weighted by Gasteiger charge is -2.27. The Hall–Kier alpha value is -4.09. The molecular weight excluding hydrogens is 550 g/mol. The maximum Gasteiger partial charge on any atom is 0.412 e. The molecular formula is C30H28F2N4O4S. The minimum atomic E-state index is -0.878. The maximum absolute atomic E-state index is 13.5. The molecule has 8 nitrogen and oxygen atoms in total. The number of amides is 2. The third kappa shape index (κ3) is 6.31. The van der Waals surface area contributed by atoms with Gasteiger partial charge in [0.2, 0.25) is 11.9 Å². The third-order valence-corrected chi connectivity index (χ3v) is 8.24. The molecule has 0 spiro atoms. The first-order valence-electron chi connectivity index (χ1n) is 13.4. The van der Waals surface area contributed by atoms with Crippen molar-refractivity contribution in [2.24, 2.45) is 5.92 Å². The van der Waals surface area contributed by atoms with Crippen LogP contribution < -0.4 is 15.5 Å². The van der Waals surface area contributed by atoms with Gasteiger partial charge in [-0.05, 0) is 78.2 Å². The number of nitrogens with one attached hydrogen (secondary N) is 2. The Morgan fingerprint density at radius 2 is 1.88 bits per heavy atom. The van der Waals surface area contributed by atoms with Gasteiger partial charge >= 0.3 is 6.09 Å². The summed E-state index contributed by atoms with van der Waals surface area (Å²) in [5, 5.41) is 8.55. The van der Waals surface area contributed by atoms with Gasteiger partial charge in [-0.1, -0.05) is 18.2 Å². The zero-order chi connectivity index (χ0) is 28.3. The van der Waals surface area contributed by atoms with Crippen LogP contribution in [0.5, 0.6) is 0 Å². The van der Waals surface area contributed by atoms with E-state index in [9.17, 15) is 18.4 Å². The number of thiophene rings is 1. The van der Waals surface area contributed by atoms with E-state index in [-0.39, 0.29) is 24.0 Å². The lowest BCUT2D eigenvalue weighted by molar-refractivity contribution is -0.113. The van der Waals surface area contributed by atoms with E-state index in [1.54, 1.807) is 12.2 Å². The summed E-state index contributed by atoms with van der Waals surface area (Å²) in [5.41, 5.74) is 3.80. The van der Waals surface area contributed by atoms with E-state index in [0.29, 0.717) is 36.5 Å². The Labute approximate surface area is 239 Å². The molecule has 1 unspecified atom stereocenters. The second kappa shape index (κ2) is 11.8. The number of allylic oxidation sites excluding steroid dienone is 3. The van der Waals surface area contributed by atoms with Crippen molar-refractivity contribution < 1.29 is 27.8 Å². The molecule has 2 saturated heterocycles. The zero-order valence-electron chi connectivity index (χ0n) is 22.0. The lowest BCUT2D eigenvalue weighted by atomic mass is 9.94. The fourth-order valence-electron chi connectivity index (χ4n) is 5.34. The number of ether oxygens (including phenoxy) is 2. The summed E-state index contributed by atoms with van der Waals surface area (Å²) in [7, 11) is 0. The van der Waals surface area contributed by atoms with E-state index >= 15 is 0 Å². The van der Waals surface area contributed by atoms with Crippen molar-refractivity contribution in [2.45, 2.75) is 31.4 Å². The number of benzene rings is 1. The Morgan fingerprint density at radius 3 is 2.61 bits per heavy atom. The fraction of sp³-hybridized carbons (Fsp3) is 0.300. The number of pyridine rings is 1. The normalized spacial score (nSPS) is 20.0. The Balaban J connectivity index is 1.07. The molecule has 2 aromatic heterocycles.